The Bertz CT molecular complexity index is 1660. The molecule has 3 N–H and O–H groups in total. The molecule has 0 unspecified atom stereocenters. The van der Waals surface area contributed by atoms with E-state index in [1.807, 2.05) is 0 Å². The third kappa shape index (κ3) is 6.03. The number of hydrogen-bond acceptors (Lipinski definition) is 9. The lowest BCUT2D eigenvalue weighted by Crippen LogP contribution is -2.48. The maximum absolute atomic E-state index is 13.2. The third-order valence-corrected chi connectivity index (χ3v) is 8.91. The van der Waals surface area contributed by atoms with Gasteiger partial charge in [-0.25, -0.2) is 9.59 Å². The predicted octanol–water partition coefficient (Wildman–Crippen LogP) is 2.97. The first-order valence-corrected chi connectivity index (χ1v) is 15.7. The molecule has 4 fully saturated rings. The average Bonchev–Trinajstić information content (AvgIpc) is 3.43. The minimum absolute atomic E-state index is 0.0664. The molecule has 0 aromatic heterocycles. The summed E-state index contributed by atoms with van der Waals surface area (Å²) in [5, 5.41) is 3.93. The number of anilines is 2. The quantitative estimate of drug-likeness (QED) is 0.287. The van der Waals surface area contributed by atoms with Gasteiger partial charge >= 0.3 is 35.7 Å². The summed E-state index contributed by atoms with van der Waals surface area (Å²) in [6.45, 7) is 0. The van der Waals surface area contributed by atoms with Crippen molar-refractivity contribution >= 4 is 58.9 Å². The molecule has 2 aromatic carbocycles. The summed E-state index contributed by atoms with van der Waals surface area (Å²) >= 11 is 0. The predicted molar refractivity (Wildman–Crippen MR) is 163 cm³/mol. The van der Waals surface area contributed by atoms with Crippen molar-refractivity contribution in [3.8, 4) is 0 Å². The highest BCUT2D eigenvalue weighted by molar-refractivity contribution is 6.45. The molecule has 2 saturated carbocycles. The number of amides is 10. The van der Waals surface area contributed by atoms with E-state index in [0.717, 1.165) is 48.3 Å². The normalized spacial score (nSPS) is 19.6. The van der Waals surface area contributed by atoms with Gasteiger partial charge in [0.15, 0.2) is 0 Å². The van der Waals surface area contributed by atoms with Gasteiger partial charge in [-0.2, -0.15) is 10.0 Å². The summed E-state index contributed by atoms with van der Waals surface area (Å²) in [5.41, 5.74) is 5.39. The van der Waals surface area contributed by atoms with Gasteiger partial charge in [-0.15, -0.1) is 0 Å². The van der Waals surface area contributed by atoms with Gasteiger partial charge in [-0.05, 0) is 62.1 Å². The Kier molecular flexibility index (Phi) is 8.70. The number of nitrogens with one attached hydrogen (secondary N) is 3. The molecule has 2 saturated heterocycles. The number of hydrogen-bond donors (Lipinski definition) is 3. The third-order valence-electron chi connectivity index (χ3n) is 8.91. The van der Waals surface area contributed by atoms with Gasteiger partial charge in [0, 0.05) is 23.3 Å². The Morgan fingerprint density at radius 3 is 1.53 bits per heavy atom. The second kappa shape index (κ2) is 13.0. The molecule has 0 bridgehead atoms. The van der Waals surface area contributed by atoms with Gasteiger partial charge < -0.3 is 5.32 Å². The summed E-state index contributed by atoms with van der Waals surface area (Å²) in [6, 6.07) is 9.64. The highest BCUT2D eigenvalue weighted by atomic mass is 16.3. The molecular formula is C32H33N7O8. The van der Waals surface area contributed by atoms with Crippen molar-refractivity contribution in [1.82, 2.24) is 30.7 Å². The minimum atomic E-state index is -1.13. The second-order valence-electron chi connectivity index (χ2n) is 11.9. The van der Waals surface area contributed by atoms with Crippen molar-refractivity contribution in [3.63, 3.8) is 0 Å². The molecule has 15 nitrogen and oxygen atoms in total. The molecule has 2 aliphatic carbocycles. The van der Waals surface area contributed by atoms with Gasteiger partial charge in [-0.3, -0.25) is 49.4 Å². The standard InChI is InChI=1S/C32H33N7O8/c40-25(34-38-29(44)27(42)36(31(38)46)21-9-3-1-4-10-21)19-15-17-20(18-16-19)33-24-14-8-7-13-23(24)26(41)35-39-30(45)28(43)37(32(39)47)22-11-5-2-6-12-22/h7-8,13-18,21-22,33H,1-6,9-12H2,(H,34,40)(H,35,41). The van der Waals surface area contributed by atoms with Crippen LogP contribution in [0.5, 0.6) is 0 Å². The molecule has 47 heavy (non-hydrogen) atoms. The van der Waals surface area contributed by atoms with Crippen molar-refractivity contribution in [2.24, 2.45) is 0 Å². The first kappa shape index (κ1) is 31.4. The van der Waals surface area contributed by atoms with Crippen LogP contribution in [0.3, 0.4) is 0 Å². The fraction of sp³-hybridized carbons (Fsp3) is 0.375. The molecule has 0 radical (unpaired) electrons. The number of carbonyl (C=O) groups excluding carboxylic acids is 8. The van der Waals surface area contributed by atoms with Crippen molar-refractivity contribution in [1.29, 1.82) is 0 Å². The molecule has 244 valence electrons. The van der Waals surface area contributed by atoms with E-state index in [1.165, 1.54) is 30.3 Å². The molecule has 4 aliphatic rings. The van der Waals surface area contributed by atoms with Crippen molar-refractivity contribution in [3.05, 3.63) is 59.7 Å². The average molecular weight is 644 g/mol. The maximum atomic E-state index is 13.2. The Hall–Kier alpha value is -5.60. The van der Waals surface area contributed by atoms with E-state index in [4.69, 9.17) is 0 Å². The van der Waals surface area contributed by atoms with E-state index in [2.05, 4.69) is 16.2 Å². The summed E-state index contributed by atoms with van der Waals surface area (Å²) in [4.78, 5) is 104. The van der Waals surface area contributed by atoms with Crippen LogP contribution in [-0.2, 0) is 19.2 Å². The van der Waals surface area contributed by atoms with Gasteiger partial charge in [0.1, 0.15) is 0 Å². The highest BCUT2D eigenvalue weighted by Gasteiger charge is 2.50. The van der Waals surface area contributed by atoms with Gasteiger partial charge in [0.05, 0.1) is 11.3 Å². The largest absolute Gasteiger partial charge is 0.355 e. The number of benzene rings is 2. The van der Waals surface area contributed by atoms with E-state index in [9.17, 15) is 38.4 Å². The molecule has 6 rings (SSSR count). The zero-order valence-corrected chi connectivity index (χ0v) is 25.4. The Morgan fingerprint density at radius 1 is 0.553 bits per heavy atom. The molecule has 10 amide bonds. The molecule has 15 heteroatoms. The van der Waals surface area contributed by atoms with Crippen LogP contribution < -0.4 is 16.2 Å². The molecule has 2 aliphatic heterocycles. The number of carbonyl (C=O) groups is 8. The van der Waals surface area contributed by atoms with Crippen LogP contribution in [0.25, 0.3) is 0 Å². The number of imide groups is 4. The summed E-state index contributed by atoms with van der Waals surface area (Å²) in [5.74, 6) is -5.77. The fourth-order valence-electron chi connectivity index (χ4n) is 6.46. The van der Waals surface area contributed by atoms with Gasteiger partial charge in [0.2, 0.25) is 0 Å². The summed E-state index contributed by atoms with van der Waals surface area (Å²) in [7, 11) is 0. The van der Waals surface area contributed by atoms with E-state index in [1.54, 1.807) is 18.2 Å². The maximum Gasteiger partial charge on any atom is 0.353 e. The monoisotopic (exact) mass is 643 g/mol. The Morgan fingerprint density at radius 2 is 1.02 bits per heavy atom. The van der Waals surface area contributed by atoms with Crippen LogP contribution >= 0.6 is 0 Å². The highest BCUT2D eigenvalue weighted by Crippen LogP contribution is 2.28. The number of nitrogens with zero attached hydrogens (tertiary/aromatic N) is 4. The lowest BCUT2D eigenvalue weighted by atomic mass is 9.94. The number of urea groups is 2. The van der Waals surface area contributed by atoms with E-state index < -0.39 is 47.5 Å². The topological polar surface area (TPSA) is 186 Å². The van der Waals surface area contributed by atoms with Crippen molar-refractivity contribution < 1.29 is 38.4 Å². The van der Waals surface area contributed by atoms with Crippen LogP contribution in [-0.4, -0.2) is 79.4 Å². The number of para-hydroxylation sites is 1. The zero-order valence-electron chi connectivity index (χ0n) is 25.4. The van der Waals surface area contributed by atoms with E-state index >= 15 is 0 Å². The smallest absolute Gasteiger partial charge is 0.353 e. The first-order chi connectivity index (χ1) is 22.7. The number of rotatable bonds is 8. The van der Waals surface area contributed by atoms with Crippen LogP contribution in [0, 0.1) is 0 Å². The lowest BCUT2D eigenvalue weighted by molar-refractivity contribution is -0.144. The summed E-state index contributed by atoms with van der Waals surface area (Å²) < 4.78 is 0. The Labute approximate surface area is 269 Å². The molecular weight excluding hydrogens is 610 g/mol. The molecule has 2 aromatic rings. The van der Waals surface area contributed by atoms with Gasteiger partial charge in [-0.1, -0.05) is 50.7 Å². The van der Waals surface area contributed by atoms with Crippen LogP contribution in [0.2, 0.25) is 0 Å². The van der Waals surface area contributed by atoms with E-state index in [-0.39, 0.29) is 23.2 Å². The first-order valence-electron chi connectivity index (χ1n) is 15.7. The van der Waals surface area contributed by atoms with Crippen LogP contribution in [0.15, 0.2) is 48.5 Å². The fourth-order valence-corrected chi connectivity index (χ4v) is 6.46. The minimum Gasteiger partial charge on any atom is -0.355 e. The van der Waals surface area contributed by atoms with Crippen LogP contribution in [0.1, 0.15) is 84.9 Å². The second-order valence-corrected chi connectivity index (χ2v) is 11.9. The Balaban J connectivity index is 1.10. The molecule has 0 spiro atoms. The SMILES string of the molecule is O=C(NN1C(=O)C(=O)N(C2CCCCC2)C1=O)c1ccc(Nc2ccccc2C(=O)NN2C(=O)C(=O)N(C3CCCCC3)C2=O)cc1. The van der Waals surface area contributed by atoms with Gasteiger partial charge in [0.25, 0.3) is 11.8 Å². The lowest BCUT2D eigenvalue weighted by Gasteiger charge is -2.28. The zero-order chi connectivity index (χ0) is 33.2. The van der Waals surface area contributed by atoms with Crippen molar-refractivity contribution in [2.45, 2.75) is 76.3 Å². The van der Waals surface area contributed by atoms with Crippen LogP contribution in [0.4, 0.5) is 21.0 Å². The van der Waals surface area contributed by atoms with Crippen molar-refractivity contribution in [2.75, 3.05) is 5.32 Å². The van der Waals surface area contributed by atoms with E-state index in [0.29, 0.717) is 47.1 Å². The molecule has 2 heterocycles. The summed E-state index contributed by atoms with van der Waals surface area (Å²) in [6.07, 6.45) is 7.77. The molecule has 0 atom stereocenters. The number of hydrazine groups is 2.